The molecule has 0 aliphatic heterocycles. The first-order chi connectivity index (χ1) is 13.0. The molecule has 0 radical (unpaired) electrons. The van der Waals surface area contributed by atoms with E-state index >= 15 is 0 Å². The number of rotatable bonds is 6. The molecule has 140 valence electrons. The predicted molar refractivity (Wildman–Crippen MR) is 111 cm³/mol. The molecule has 3 aromatic rings. The Balaban J connectivity index is 1.76. The van der Waals surface area contributed by atoms with Gasteiger partial charge in [-0.1, -0.05) is 67.1 Å². The van der Waals surface area contributed by atoms with Crippen molar-refractivity contribution in [2.24, 2.45) is 0 Å². The fourth-order valence-electron chi connectivity index (χ4n) is 3.47. The van der Waals surface area contributed by atoms with Gasteiger partial charge in [-0.2, -0.15) is 0 Å². The van der Waals surface area contributed by atoms with Gasteiger partial charge in [-0.15, -0.1) is 0 Å². The number of amides is 1. The summed E-state index contributed by atoms with van der Waals surface area (Å²) in [6.45, 7) is 8.14. The number of benzene rings is 3. The summed E-state index contributed by atoms with van der Waals surface area (Å²) in [6.07, 6.45) is 0.0817. The Labute approximate surface area is 161 Å². The van der Waals surface area contributed by atoms with E-state index in [-0.39, 0.29) is 11.9 Å². The molecule has 0 heterocycles. The minimum absolute atomic E-state index is 0.0664. The first-order valence-electron chi connectivity index (χ1n) is 9.51. The lowest BCUT2D eigenvalue weighted by atomic mass is 10.00. The van der Waals surface area contributed by atoms with Crippen molar-refractivity contribution >= 4 is 16.7 Å². The highest BCUT2D eigenvalue weighted by Gasteiger charge is 2.22. The van der Waals surface area contributed by atoms with Gasteiger partial charge in [0.25, 0.3) is 5.91 Å². The van der Waals surface area contributed by atoms with Crippen molar-refractivity contribution < 1.29 is 9.53 Å². The molecule has 0 spiro atoms. The van der Waals surface area contributed by atoms with Crippen molar-refractivity contribution in [1.82, 2.24) is 5.32 Å². The Kier molecular flexibility index (Phi) is 5.80. The van der Waals surface area contributed by atoms with Gasteiger partial charge in [-0.05, 0) is 49.8 Å². The molecule has 2 unspecified atom stereocenters. The highest BCUT2D eigenvalue weighted by molar-refractivity contribution is 5.89. The number of nitrogens with one attached hydrogen (secondary N) is 1. The maximum absolute atomic E-state index is 12.8. The van der Waals surface area contributed by atoms with E-state index < -0.39 is 6.10 Å². The lowest BCUT2D eigenvalue weighted by Gasteiger charge is -2.22. The van der Waals surface area contributed by atoms with E-state index in [2.05, 4.69) is 37.4 Å². The van der Waals surface area contributed by atoms with Crippen molar-refractivity contribution in [3.8, 4) is 5.75 Å². The van der Waals surface area contributed by atoms with Gasteiger partial charge in [-0.25, -0.2) is 0 Å². The lowest BCUT2D eigenvalue weighted by Crippen LogP contribution is -2.39. The van der Waals surface area contributed by atoms with Crippen LogP contribution in [0.15, 0.2) is 60.7 Å². The number of ether oxygens (including phenoxy) is 1. The van der Waals surface area contributed by atoms with E-state index in [4.69, 9.17) is 4.74 Å². The molecule has 3 rings (SSSR count). The second kappa shape index (κ2) is 8.26. The highest BCUT2D eigenvalue weighted by Crippen LogP contribution is 2.27. The molecule has 1 N–H and O–H groups in total. The summed E-state index contributed by atoms with van der Waals surface area (Å²) in [5, 5.41) is 5.24. The van der Waals surface area contributed by atoms with Crippen LogP contribution in [0.1, 0.15) is 43.0 Å². The molecule has 0 aromatic heterocycles. The SMILES string of the molecule is CCC(Oc1cccc2ccccc12)C(=O)NC(C)c1ccc(C)cc1C. The van der Waals surface area contributed by atoms with E-state index in [1.807, 2.05) is 56.3 Å². The second-order valence-corrected chi connectivity index (χ2v) is 7.08. The zero-order chi connectivity index (χ0) is 19.4. The van der Waals surface area contributed by atoms with Gasteiger partial charge in [0.2, 0.25) is 0 Å². The standard InChI is InChI=1S/C24H27NO2/c1-5-22(27-23-12-8-10-19-9-6-7-11-21(19)23)24(26)25-18(4)20-14-13-16(2)15-17(20)3/h6-15,18,22H,5H2,1-4H3,(H,25,26). The van der Waals surface area contributed by atoms with Gasteiger partial charge < -0.3 is 10.1 Å². The third-order valence-corrected chi connectivity index (χ3v) is 4.93. The van der Waals surface area contributed by atoms with Crippen LogP contribution in [0.3, 0.4) is 0 Å². The monoisotopic (exact) mass is 361 g/mol. The van der Waals surface area contributed by atoms with Crippen LogP contribution in [0.4, 0.5) is 0 Å². The molecule has 3 aromatic carbocycles. The molecule has 27 heavy (non-hydrogen) atoms. The Hall–Kier alpha value is -2.81. The molecular formula is C24H27NO2. The smallest absolute Gasteiger partial charge is 0.261 e. The summed E-state index contributed by atoms with van der Waals surface area (Å²) in [7, 11) is 0. The van der Waals surface area contributed by atoms with Crippen LogP contribution in [-0.4, -0.2) is 12.0 Å². The number of carbonyl (C=O) groups excluding carboxylic acids is 1. The Morgan fingerprint density at radius 3 is 2.52 bits per heavy atom. The van der Waals surface area contributed by atoms with Gasteiger partial charge in [-0.3, -0.25) is 4.79 Å². The van der Waals surface area contributed by atoms with E-state index in [1.165, 1.54) is 11.1 Å². The number of fused-ring (bicyclic) bond motifs is 1. The topological polar surface area (TPSA) is 38.3 Å². The minimum atomic E-state index is -0.524. The van der Waals surface area contributed by atoms with Crippen LogP contribution in [0.2, 0.25) is 0 Å². The fourth-order valence-corrected chi connectivity index (χ4v) is 3.47. The van der Waals surface area contributed by atoms with Gasteiger partial charge in [0.15, 0.2) is 6.10 Å². The van der Waals surface area contributed by atoms with Crippen molar-refractivity contribution in [3.05, 3.63) is 77.4 Å². The maximum Gasteiger partial charge on any atom is 0.261 e. The average molecular weight is 361 g/mol. The summed E-state index contributed by atoms with van der Waals surface area (Å²) in [4.78, 5) is 12.8. The number of hydrogen-bond acceptors (Lipinski definition) is 2. The van der Waals surface area contributed by atoms with E-state index in [0.717, 1.165) is 22.1 Å². The zero-order valence-corrected chi connectivity index (χ0v) is 16.5. The number of hydrogen-bond donors (Lipinski definition) is 1. The molecule has 1 amide bonds. The lowest BCUT2D eigenvalue weighted by molar-refractivity contribution is -0.128. The first kappa shape index (κ1) is 19.0. The Bertz CT molecular complexity index is 943. The van der Waals surface area contributed by atoms with Crippen LogP contribution in [-0.2, 0) is 4.79 Å². The van der Waals surface area contributed by atoms with Gasteiger partial charge in [0.05, 0.1) is 6.04 Å². The maximum atomic E-state index is 12.8. The molecule has 2 atom stereocenters. The summed E-state index contributed by atoms with van der Waals surface area (Å²) in [5.41, 5.74) is 3.54. The van der Waals surface area contributed by atoms with Crippen LogP contribution in [0, 0.1) is 13.8 Å². The molecule has 0 aliphatic rings. The summed E-state index contributed by atoms with van der Waals surface area (Å²) < 4.78 is 6.11. The fraction of sp³-hybridized carbons (Fsp3) is 0.292. The van der Waals surface area contributed by atoms with Crippen LogP contribution < -0.4 is 10.1 Å². The normalized spacial score (nSPS) is 13.2. The van der Waals surface area contributed by atoms with E-state index in [9.17, 15) is 4.79 Å². The molecular weight excluding hydrogens is 334 g/mol. The predicted octanol–water partition coefficient (Wildman–Crippen LogP) is 5.49. The van der Waals surface area contributed by atoms with Gasteiger partial charge >= 0.3 is 0 Å². The minimum Gasteiger partial charge on any atom is -0.480 e. The second-order valence-electron chi connectivity index (χ2n) is 7.08. The summed E-state index contributed by atoms with van der Waals surface area (Å²) in [5.74, 6) is 0.659. The van der Waals surface area contributed by atoms with Gasteiger partial charge in [0.1, 0.15) is 5.75 Å². The molecule has 0 saturated heterocycles. The number of aryl methyl sites for hydroxylation is 2. The Morgan fingerprint density at radius 2 is 1.78 bits per heavy atom. The summed E-state index contributed by atoms with van der Waals surface area (Å²) in [6, 6.07) is 20.2. The molecule has 0 aliphatic carbocycles. The third kappa shape index (κ3) is 4.30. The molecule has 3 nitrogen and oxygen atoms in total. The van der Waals surface area contributed by atoms with Crippen molar-refractivity contribution in [2.45, 2.75) is 46.3 Å². The zero-order valence-electron chi connectivity index (χ0n) is 16.5. The van der Waals surface area contributed by atoms with Crippen LogP contribution in [0.5, 0.6) is 5.75 Å². The highest BCUT2D eigenvalue weighted by atomic mass is 16.5. The first-order valence-corrected chi connectivity index (χ1v) is 9.51. The van der Waals surface area contributed by atoms with Crippen LogP contribution >= 0.6 is 0 Å². The molecule has 3 heteroatoms. The van der Waals surface area contributed by atoms with Crippen molar-refractivity contribution in [1.29, 1.82) is 0 Å². The summed E-state index contributed by atoms with van der Waals surface area (Å²) >= 11 is 0. The molecule has 0 fully saturated rings. The van der Waals surface area contributed by atoms with Gasteiger partial charge in [0, 0.05) is 5.39 Å². The Morgan fingerprint density at radius 1 is 1.04 bits per heavy atom. The van der Waals surface area contributed by atoms with Crippen molar-refractivity contribution in [2.75, 3.05) is 0 Å². The largest absolute Gasteiger partial charge is 0.480 e. The van der Waals surface area contributed by atoms with E-state index in [1.54, 1.807) is 0 Å². The van der Waals surface area contributed by atoms with Crippen LogP contribution in [0.25, 0.3) is 10.8 Å². The quantitative estimate of drug-likeness (QED) is 0.630. The molecule has 0 bridgehead atoms. The number of carbonyl (C=O) groups is 1. The van der Waals surface area contributed by atoms with E-state index in [0.29, 0.717) is 6.42 Å². The average Bonchev–Trinajstić information content (AvgIpc) is 2.65. The van der Waals surface area contributed by atoms with Crippen molar-refractivity contribution in [3.63, 3.8) is 0 Å². The third-order valence-electron chi connectivity index (χ3n) is 4.93. The molecule has 0 saturated carbocycles.